The summed E-state index contributed by atoms with van der Waals surface area (Å²) < 4.78 is 11.6. The molecule has 0 bridgehead atoms. The molecule has 0 aromatic heterocycles. The van der Waals surface area contributed by atoms with Gasteiger partial charge in [-0.15, -0.1) is 0 Å². The average Bonchev–Trinajstić information content (AvgIpc) is 3.19. The molecule has 4 rings (SSSR count). The minimum Gasteiger partial charge on any atom is -0.494 e. The van der Waals surface area contributed by atoms with Gasteiger partial charge in [0.2, 0.25) is 0 Å². The number of aryl methyl sites for hydroxylation is 2. The fraction of sp³-hybridized carbons (Fsp3) is 0.700. The van der Waals surface area contributed by atoms with Crippen LogP contribution in [-0.4, -0.2) is 49.5 Å². The lowest BCUT2D eigenvalue weighted by molar-refractivity contribution is -0.0417. The Kier molecular flexibility index (Phi) is 4.54. The highest BCUT2D eigenvalue weighted by atomic mass is 16.5. The van der Waals surface area contributed by atoms with Crippen LogP contribution in [0.15, 0.2) is 12.1 Å². The van der Waals surface area contributed by atoms with Gasteiger partial charge in [0.1, 0.15) is 5.75 Å². The van der Waals surface area contributed by atoms with Gasteiger partial charge in [-0.3, -0.25) is 4.90 Å². The van der Waals surface area contributed by atoms with Crippen LogP contribution < -0.4 is 4.74 Å². The summed E-state index contributed by atoms with van der Waals surface area (Å²) in [7, 11) is 0. The molecule has 1 aromatic carbocycles. The number of fused-ring (bicyclic) bond motifs is 2. The molecule has 132 valence electrons. The molecule has 0 amide bonds. The molecule has 1 aliphatic carbocycles. The molecule has 0 saturated carbocycles. The summed E-state index contributed by atoms with van der Waals surface area (Å²) >= 11 is 0. The monoisotopic (exact) mass is 331 g/mol. The zero-order valence-electron chi connectivity index (χ0n) is 14.7. The number of nitrogens with zero attached hydrogens (tertiary/aromatic N) is 1. The van der Waals surface area contributed by atoms with Gasteiger partial charge < -0.3 is 14.6 Å². The van der Waals surface area contributed by atoms with Crippen LogP contribution in [0.4, 0.5) is 0 Å². The third kappa shape index (κ3) is 2.85. The van der Waals surface area contributed by atoms with E-state index >= 15 is 0 Å². The third-order valence-corrected chi connectivity index (χ3v) is 6.23. The van der Waals surface area contributed by atoms with Crippen molar-refractivity contribution >= 4 is 0 Å². The van der Waals surface area contributed by atoms with Crippen molar-refractivity contribution in [2.75, 3.05) is 39.5 Å². The van der Waals surface area contributed by atoms with Crippen molar-refractivity contribution in [2.45, 2.75) is 39.2 Å². The van der Waals surface area contributed by atoms with Gasteiger partial charge in [-0.25, -0.2) is 0 Å². The Morgan fingerprint density at radius 3 is 2.92 bits per heavy atom. The molecule has 0 spiro atoms. The van der Waals surface area contributed by atoms with Crippen LogP contribution in [0.25, 0.3) is 0 Å². The minimum absolute atomic E-state index is 0.0424. The van der Waals surface area contributed by atoms with Gasteiger partial charge in [-0.05, 0) is 49.8 Å². The molecule has 4 heteroatoms. The van der Waals surface area contributed by atoms with Gasteiger partial charge in [-0.2, -0.15) is 0 Å². The largest absolute Gasteiger partial charge is 0.494 e. The second-order valence-electron chi connectivity index (χ2n) is 7.73. The molecular weight excluding hydrogens is 302 g/mol. The Bertz CT molecular complexity index is 603. The summed E-state index contributed by atoms with van der Waals surface area (Å²) in [5, 5.41) is 9.99. The number of aliphatic hydroxyl groups is 1. The number of benzene rings is 1. The standard InChI is InChI=1S/C20H29NO3/c1-2-24-19-9-16-5-3-4-15(16)8-17(19)10-21-11-18-12-23-7-6-20(18,13-21)14-22/h8-9,18,22H,2-7,10-14H2,1H3/t18-,20-/m1/s1. The van der Waals surface area contributed by atoms with E-state index in [0.717, 1.165) is 45.0 Å². The molecule has 2 heterocycles. The highest BCUT2D eigenvalue weighted by molar-refractivity contribution is 5.45. The van der Waals surface area contributed by atoms with Gasteiger partial charge in [0, 0.05) is 43.1 Å². The highest BCUT2D eigenvalue weighted by Gasteiger charge is 2.47. The fourth-order valence-electron chi connectivity index (χ4n) is 4.84. The maximum Gasteiger partial charge on any atom is 0.124 e. The molecular formula is C20H29NO3. The van der Waals surface area contributed by atoms with E-state index in [2.05, 4.69) is 24.0 Å². The van der Waals surface area contributed by atoms with Gasteiger partial charge in [-0.1, -0.05) is 6.07 Å². The lowest BCUT2D eigenvalue weighted by Gasteiger charge is -2.36. The molecule has 3 aliphatic rings. The first-order valence-electron chi connectivity index (χ1n) is 9.42. The number of hydrogen-bond acceptors (Lipinski definition) is 4. The number of ether oxygens (including phenoxy) is 2. The Labute approximate surface area is 144 Å². The Hall–Kier alpha value is -1.10. The Morgan fingerprint density at radius 1 is 1.33 bits per heavy atom. The third-order valence-electron chi connectivity index (χ3n) is 6.23. The second-order valence-corrected chi connectivity index (χ2v) is 7.73. The first-order chi connectivity index (χ1) is 11.7. The Morgan fingerprint density at radius 2 is 2.17 bits per heavy atom. The van der Waals surface area contributed by atoms with E-state index in [1.807, 2.05) is 0 Å². The van der Waals surface area contributed by atoms with Crippen LogP contribution in [0.5, 0.6) is 5.75 Å². The van der Waals surface area contributed by atoms with E-state index in [4.69, 9.17) is 9.47 Å². The molecule has 0 unspecified atom stereocenters. The molecule has 2 fully saturated rings. The Balaban J connectivity index is 1.55. The maximum atomic E-state index is 9.99. The topological polar surface area (TPSA) is 41.9 Å². The van der Waals surface area contributed by atoms with Crippen molar-refractivity contribution < 1.29 is 14.6 Å². The predicted molar refractivity (Wildman–Crippen MR) is 93.4 cm³/mol. The highest BCUT2D eigenvalue weighted by Crippen LogP contribution is 2.43. The van der Waals surface area contributed by atoms with E-state index in [9.17, 15) is 5.11 Å². The van der Waals surface area contributed by atoms with Crippen molar-refractivity contribution in [2.24, 2.45) is 11.3 Å². The van der Waals surface area contributed by atoms with E-state index in [-0.39, 0.29) is 12.0 Å². The van der Waals surface area contributed by atoms with Crippen LogP contribution in [-0.2, 0) is 24.1 Å². The second kappa shape index (κ2) is 6.66. The SMILES string of the molecule is CCOc1cc2c(cc1CN1C[C@@H]3COCC[C@]3(CO)C1)CCC2. The zero-order valence-corrected chi connectivity index (χ0v) is 14.7. The first kappa shape index (κ1) is 16.4. The number of hydrogen-bond donors (Lipinski definition) is 1. The molecule has 1 N–H and O–H groups in total. The van der Waals surface area contributed by atoms with E-state index in [0.29, 0.717) is 12.5 Å². The van der Waals surface area contributed by atoms with Crippen LogP contribution in [0.2, 0.25) is 0 Å². The predicted octanol–water partition coefficient (Wildman–Crippen LogP) is 2.40. The number of likely N-dealkylation sites (tertiary alicyclic amines) is 1. The minimum atomic E-state index is 0.0424. The average molecular weight is 331 g/mol. The van der Waals surface area contributed by atoms with Gasteiger partial charge in [0.15, 0.2) is 0 Å². The van der Waals surface area contributed by atoms with E-state index in [1.165, 1.54) is 36.0 Å². The van der Waals surface area contributed by atoms with Gasteiger partial charge >= 0.3 is 0 Å². The summed E-state index contributed by atoms with van der Waals surface area (Å²) in [6.07, 6.45) is 4.63. The summed E-state index contributed by atoms with van der Waals surface area (Å²) in [6, 6.07) is 4.65. The van der Waals surface area contributed by atoms with Gasteiger partial charge in [0.05, 0.1) is 19.8 Å². The first-order valence-corrected chi connectivity index (χ1v) is 9.42. The quantitative estimate of drug-likeness (QED) is 0.900. The lowest BCUT2D eigenvalue weighted by Crippen LogP contribution is -2.41. The molecule has 4 nitrogen and oxygen atoms in total. The number of aliphatic hydroxyl groups excluding tert-OH is 1. The summed E-state index contributed by atoms with van der Waals surface area (Å²) in [4.78, 5) is 2.49. The normalized spacial score (nSPS) is 29.5. The molecule has 2 saturated heterocycles. The molecule has 0 radical (unpaired) electrons. The maximum absolute atomic E-state index is 9.99. The molecule has 2 atom stereocenters. The summed E-state index contributed by atoms with van der Waals surface area (Å²) in [5.41, 5.74) is 4.33. The van der Waals surface area contributed by atoms with Crippen LogP contribution in [0.1, 0.15) is 36.5 Å². The lowest BCUT2D eigenvalue weighted by atomic mass is 9.75. The molecule has 24 heavy (non-hydrogen) atoms. The fourth-order valence-corrected chi connectivity index (χ4v) is 4.84. The molecule has 2 aliphatic heterocycles. The van der Waals surface area contributed by atoms with Crippen molar-refractivity contribution in [3.8, 4) is 5.75 Å². The van der Waals surface area contributed by atoms with Crippen molar-refractivity contribution in [1.82, 2.24) is 4.90 Å². The summed E-state index contributed by atoms with van der Waals surface area (Å²) in [6.45, 7) is 7.53. The summed E-state index contributed by atoms with van der Waals surface area (Å²) in [5.74, 6) is 1.52. The van der Waals surface area contributed by atoms with E-state index in [1.54, 1.807) is 0 Å². The number of rotatable bonds is 5. The van der Waals surface area contributed by atoms with Crippen molar-refractivity contribution in [3.63, 3.8) is 0 Å². The van der Waals surface area contributed by atoms with Crippen LogP contribution in [0, 0.1) is 11.3 Å². The zero-order chi connectivity index (χ0) is 16.6. The van der Waals surface area contributed by atoms with Gasteiger partial charge in [0.25, 0.3) is 0 Å². The van der Waals surface area contributed by atoms with Crippen LogP contribution in [0.3, 0.4) is 0 Å². The van der Waals surface area contributed by atoms with E-state index < -0.39 is 0 Å². The van der Waals surface area contributed by atoms with Crippen molar-refractivity contribution in [3.05, 3.63) is 28.8 Å². The van der Waals surface area contributed by atoms with Crippen LogP contribution >= 0.6 is 0 Å². The smallest absolute Gasteiger partial charge is 0.124 e. The van der Waals surface area contributed by atoms with Crippen molar-refractivity contribution in [1.29, 1.82) is 0 Å². The molecule has 1 aromatic rings.